The van der Waals surface area contributed by atoms with E-state index in [4.69, 9.17) is 0 Å². The van der Waals surface area contributed by atoms with Gasteiger partial charge >= 0.3 is 0 Å². The van der Waals surface area contributed by atoms with E-state index in [1.807, 2.05) is 7.05 Å². The molecule has 2 aliphatic rings. The SMILES string of the molecule is CNC1(CO)CCCC1CCN1CCCC(C)(C)C1. The summed E-state index contributed by atoms with van der Waals surface area (Å²) in [4.78, 5) is 2.64. The molecule has 2 rings (SSSR count). The molecule has 1 aliphatic carbocycles. The van der Waals surface area contributed by atoms with E-state index in [0.717, 1.165) is 6.42 Å². The standard InChI is InChI=1S/C16H32N2O/c1-15(2)8-5-10-18(12-15)11-7-14-6-4-9-16(14,13-19)17-3/h14,17,19H,4-13H2,1-3H3. The molecule has 3 heteroatoms. The van der Waals surface area contributed by atoms with Crippen LogP contribution in [0.25, 0.3) is 0 Å². The number of rotatable bonds is 5. The van der Waals surface area contributed by atoms with Crippen molar-refractivity contribution in [1.29, 1.82) is 0 Å². The number of nitrogens with one attached hydrogen (secondary N) is 1. The van der Waals surface area contributed by atoms with Crippen LogP contribution in [-0.4, -0.2) is 48.8 Å². The van der Waals surface area contributed by atoms with Crippen LogP contribution in [0.15, 0.2) is 0 Å². The predicted molar refractivity (Wildman–Crippen MR) is 80.3 cm³/mol. The third kappa shape index (κ3) is 3.50. The molecule has 112 valence electrons. The van der Waals surface area contributed by atoms with Gasteiger partial charge in [-0.1, -0.05) is 20.3 Å². The van der Waals surface area contributed by atoms with E-state index in [-0.39, 0.29) is 5.54 Å². The van der Waals surface area contributed by atoms with E-state index < -0.39 is 0 Å². The van der Waals surface area contributed by atoms with Gasteiger partial charge in [-0.05, 0) is 63.6 Å². The van der Waals surface area contributed by atoms with Crippen molar-refractivity contribution in [3.8, 4) is 0 Å². The third-order valence-electron chi connectivity index (χ3n) is 5.51. The maximum atomic E-state index is 9.73. The van der Waals surface area contributed by atoms with Crippen LogP contribution in [0.1, 0.15) is 52.4 Å². The maximum absolute atomic E-state index is 9.73. The predicted octanol–water partition coefficient (Wildman–Crippen LogP) is 2.25. The van der Waals surface area contributed by atoms with Gasteiger partial charge in [0.1, 0.15) is 0 Å². The lowest BCUT2D eigenvalue weighted by molar-refractivity contribution is 0.0893. The lowest BCUT2D eigenvalue weighted by Crippen LogP contribution is -2.50. The molecule has 0 aromatic carbocycles. The fraction of sp³-hybridized carbons (Fsp3) is 1.00. The van der Waals surface area contributed by atoms with E-state index in [1.54, 1.807) is 0 Å². The van der Waals surface area contributed by atoms with Crippen molar-refractivity contribution in [2.45, 2.75) is 57.9 Å². The third-order valence-corrected chi connectivity index (χ3v) is 5.51. The van der Waals surface area contributed by atoms with Gasteiger partial charge in [0.15, 0.2) is 0 Å². The Labute approximate surface area is 118 Å². The molecule has 1 aliphatic heterocycles. The normalized spacial score (nSPS) is 35.7. The van der Waals surface area contributed by atoms with Crippen LogP contribution in [0, 0.1) is 11.3 Å². The molecule has 2 unspecified atom stereocenters. The van der Waals surface area contributed by atoms with E-state index >= 15 is 0 Å². The molecular formula is C16H32N2O. The average Bonchev–Trinajstić information content (AvgIpc) is 2.78. The fourth-order valence-electron chi connectivity index (χ4n) is 4.26. The molecule has 0 amide bonds. The second kappa shape index (κ2) is 6.11. The summed E-state index contributed by atoms with van der Waals surface area (Å²) in [5, 5.41) is 13.1. The van der Waals surface area contributed by atoms with Crippen LogP contribution in [0.4, 0.5) is 0 Å². The number of hydrogen-bond donors (Lipinski definition) is 2. The molecule has 19 heavy (non-hydrogen) atoms. The van der Waals surface area contributed by atoms with Crippen molar-refractivity contribution in [3.05, 3.63) is 0 Å². The Morgan fingerprint density at radius 2 is 2.05 bits per heavy atom. The first-order chi connectivity index (χ1) is 9.01. The average molecular weight is 268 g/mol. The number of likely N-dealkylation sites (tertiary alicyclic amines) is 1. The van der Waals surface area contributed by atoms with Gasteiger partial charge in [-0.15, -0.1) is 0 Å². The van der Waals surface area contributed by atoms with Crippen LogP contribution >= 0.6 is 0 Å². The van der Waals surface area contributed by atoms with Gasteiger partial charge < -0.3 is 15.3 Å². The Morgan fingerprint density at radius 1 is 1.26 bits per heavy atom. The molecule has 0 radical (unpaired) electrons. The smallest absolute Gasteiger partial charge is 0.0615 e. The lowest BCUT2D eigenvalue weighted by atomic mass is 9.82. The van der Waals surface area contributed by atoms with Crippen LogP contribution in [0.3, 0.4) is 0 Å². The molecule has 2 fully saturated rings. The largest absolute Gasteiger partial charge is 0.394 e. The highest BCUT2D eigenvalue weighted by atomic mass is 16.3. The van der Waals surface area contributed by atoms with Crippen molar-refractivity contribution in [2.24, 2.45) is 11.3 Å². The minimum Gasteiger partial charge on any atom is -0.394 e. The summed E-state index contributed by atoms with van der Waals surface area (Å²) in [6.45, 7) is 8.78. The molecular weight excluding hydrogens is 236 g/mol. The molecule has 0 bridgehead atoms. The van der Waals surface area contributed by atoms with Gasteiger partial charge in [-0.25, -0.2) is 0 Å². The topological polar surface area (TPSA) is 35.5 Å². The first-order valence-electron chi connectivity index (χ1n) is 8.03. The number of nitrogens with zero attached hydrogens (tertiary/aromatic N) is 1. The summed E-state index contributed by atoms with van der Waals surface area (Å²) < 4.78 is 0. The van der Waals surface area contributed by atoms with Gasteiger partial charge in [0.2, 0.25) is 0 Å². The first kappa shape index (κ1) is 15.3. The zero-order valence-corrected chi connectivity index (χ0v) is 13.0. The Kier molecular flexibility index (Phi) is 4.91. The minimum absolute atomic E-state index is 0.00526. The molecule has 1 saturated heterocycles. The van der Waals surface area contributed by atoms with Gasteiger partial charge in [-0.3, -0.25) is 0 Å². The maximum Gasteiger partial charge on any atom is 0.0615 e. The molecule has 2 N–H and O–H groups in total. The quantitative estimate of drug-likeness (QED) is 0.803. The number of piperidine rings is 1. The van der Waals surface area contributed by atoms with Crippen LogP contribution in [0.5, 0.6) is 0 Å². The second-order valence-corrected chi connectivity index (χ2v) is 7.49. The second-order valence-electron chi connectivity index (χ2n) is 7.49. The van der Waals surface area contributed by atoms with Crippen molar-refractivity contribution >= 4 is 0 Å². The molecule has 0 spiro atoms. The zero-order valence-electron chi connectivity index (χ0n) is 13.0. The first-order valence-corrected chi connectivity index (χ1v) is 8.03. The number of likely N-dealkylation sites (N-methyl/N-ethyl adjacent to an activating group) is 1. The lowest BCUT2D eigenvalue weighted by Gasteiger charge is -2.40. The summed E-state index contributed by atoms with van der Waals surface area (Å²) in [7, 11) is 2.01. The Morgan fingerprint density at radius 3 is 2.68 bits per heavy atom. The monoisotopic (exact) mass is 268 g/mol. The zero-order chi connectivity index (χ0) is 13.9. The highest BCUT2D eigenvalue weighted by Crippen LogP contribution is 2.38. The highest BCUT2D eigenvalue weighted by Gasteiger charge is 2.41. The molecule has 1 saturated carbocycles. The highest BCUT2D eigenvalue weighted by molar-refractivity contribution is 4.98. The van der Waals surface area contributed by atoms with Gasteiger partial charge in [0, 0.05) is 12.1 Å². The fourth-order valence-corrected chi connectivity index (χ4v) is 4.26. The molecule has 2 atom stereocenters. The van der Waals surface area contributed by atoms with Crippen LogP contribution in [-0.2, 0) is 0 Å². The van der Waals surface area contributed by atoms with E-state index in [2.05, 4.69) is 24.1 Å². The summed E-state index contributed by atoms with van der Waals surface area (Å²) in [5.74, 6) is 0.646. The van der Waals surface area contributed by atoms with Gasteiger partial charge in [-0.2, -0.15) is 0 Å². The summed E-state index contributed by atoms with van der Waals surface area (Å²) >= 11 is 0. The van der Waals surface area contributed by atoms with E-state index in [1.165, 1.54) is 51.7 Å². The number of aliphatic hydroxyl groups excluding tert-OH is 1. The van der Waals surface area contributed by atoms with Gasteiger partial charge in [0.05, 0.1) is 6.61 Å². The molecule has 3 nitrogen and oxygen atoms in total. The van der Waals surface area contributed by atoms with Crippen molar-refractivity contribution in [2.75, 3.05) is 33.3 Å². The number of hydrogen-bond acceptors (Lipinski definition) is 3. The molecule has 0 aromatic heterocycles. The van der Waals surface area contributed by atoms with Crippen LogP contribution in [0.2, 0.25) is 0 Å². The minimum atomic E-state index is 0.00526. The summed E-state index contributed by atoms with van der Waals surface area (Å²) in [6.07, 6.45) is 7.61. The summed E-state index contributed by atoms with van der Waals surface area (Å²) in [6, 6.07) is 0. The summed E-state index contributed by atoms with van der Waals surface area (Å²) in [5.41, 5.74) is 0.496. The van der Waals surface area contributed by atoms with Crippen molar-refractivity contribution < 1.29 is 5.11 Å². The van der Waals surface area contributed by atoms with E-state index in [0.29, 0.717) is 17.9 Å². The van der Waals surface area contributed by atoms with Crippen molar-refractivity contribution in [3.63, 3.8) is 0 Å². The molecule has 1 heterocycles. The Hall–Kier alpha value is -0.120. The number of aliphatic hydroxyl groups is 1. The van der Waals surface area contributed by atoms with Gasteiger partial charge in [0.25, 0.3) is 0 Å². The van der Waals surface area contributed by atoms with Crippen molar-refractivity contribution in [1.82, 2.24) is 10.2 Å². The Bertz CT molecular complexity index is 286. The van der Waals surface area contributed by atoms with E-state index in [9.17, 15) is 5.11 Å². The Balaban J connectivity index is 1.85. The van der Waals surface area contributed by atoms with Crippen LogP contribution < -0.4 is 5.32 Å². The molecule has 0 aromatic rings.